The third-order valence-electron chi connectivity index (χ3n) is 0.942. The number of hydrogen-bond donors (Lipinski definition) is 1. The van der Waals surface area contributed by atoms with E-state index in [1.54, 1.807) is 13.8 Å². The van der Waals surface area contributed by atoms with Crippen LogP contribution in [-0.4, -0.2) is 45.8 Å². The summed E-state index contributed by atoms with van der Waals surface area (Å²) in [4.78, 5) is 10.1. The van der Waals surface area contributed by atoms with Gasteiger partial charge in [-0.1, -0.05) is 19.9 Å². The molecule has 2 N–H and O–H groups in total. The van der Waals surface area contributed by atoms with Crippen LogP contribution in [0, 0.1) is 0 Å². The molecule has 10 heavy (non-hydrogen) atoms. The van der Waals surface area contributed by atoms with Gasteiger partial charge in [-0.05, 0) is 0 Å². The second-order valence-corrected chi connectivity index (χ2v) is 3.43. The Morgan fingerprint density at radius 3 is 2.00 bits per heavy atom. The van der Waals surface area contributed by atoms with Crippen LogP contribution in [0.2, 0.25) is 0 Å². The maximum absolute atomic E-state index is 10.1. The molecule has 0 aromatic rings. The second kappa shape index (κ2) is 4.46. The predicted octanol–water partition coefficient (Wildman–Crippen LogP) is 0.169. The minimum atomic E-state index is -1.20. The van der Waals surface area contributed by atoms with Gasteiger partial charge < -0.3 is 23.5 Å². The van der Waals surface area contributed by atoms with Gasteiger partial charge in [0.05, 0.1) is 0 Å². The maximum atomic E-state index is 10.1. The van der Waals surface area contributed by atoms with Gasteiger partial charge in [-0.3, -0.25) is 4.79 Å². The molecule has 5 heteroatoms. The topological polar surface area (TPSA) is 61.1 Å². The Hall–Kier alpha value is 0.579. The van der Waals surface area contributed by atoms with E-state index in [1.807, 2.05) is 0 Å². The van der Waals surface area contributed by atoms with Crippen LogP contribution in [0.5, 0.6) is 0 Å². The summed E-state index contributed by atoms with van der Waals surface area (Å²) in [6.45, 7) is 3.10. The number of nitrogens with one attached hydrogen (secondary N) is 1. The van der Waals surface area contributed by atoms with E-state index in [9.17, 15) is 4.79 Å². The van der Waals surface area contributed by atoms with Gasteiger partial charge in [0.2, 0.25) is 0 Å². The van der Waals surface area contributed by atoms with Crippen molar-refractivity contribution in [1.82, 2.24) is 0 Å². The van der Waals surface area contributed by atoms with Crippen LogP contribution in [0.3, 0.4) is 0 Å². The summed E-state index contributed by atoms with van der Waals surface area (Å²) in [5, 5.41) is 8.26. The molecule has 1 unspecified atom stereocenters. The summed E-state index contributed by atoms with van der Waals surface area (Å²) >= 11 is 4.72. The molecule has 0 aliphatic carbocycles. The normalized spacial score (nSPS) is 13.6. The van der Waals surface area contributed by atoms with Crippen LogP contribution in [0.25, 0.3) is 5.73 Å². The Morgan fingerprint density at radius 2 is 2.00 bits per heavy atom. The number of carboxylic acid groups (broad SMARTS) is 1. The van der Waals surface area contributed by atoms with Crippen LogP contribution in [-0.2, 0) is 17.4 Å². The summed E-state index contributed by atoms with van der Waals surface area (Å²) in [7, 11) is 0. The molecule has 0 bridgehead atoms. The number of carboxylic acids is 1. The fourth-order valence-electron chi connectivity index (χ4n) is 0.297. The van der Waals surface area contributed by atoms with Crippen molar-refractivity contribution in [3.63, 3.8) is 0 Å². The first-order chi connectivity index (χ1) is 3.85. The Bertz CT molecular complexity index is 123. The van der Waals surface area contributed by atoms with Gasteiger partial charge in [-0.2, -0.15) is 4.75 Å². The Balaban J connectivity index is 0. The van der Waals surface area contributed by atoms with E-state index >= 15 is 0 Å². The van der Waals surface area contributed by atoms with Gasteiger partial charge in [-0.25, -0.2) is 0 Å². The molecule has 0 spiro atoms. The molecule has 0 fully saturated rings. The van der Waals surface area contributed by atoms with E-state index in [-0.39, 0.29) is 23.9 Å². The molecule has 59 valence electrons. The molecule has 0 aliphatic rings. The molecule has 0 aliphatic heterocycles. The Morgan fingerprint density at radius 1 is 1.70 bits per heavy atom. The van der Waals surface area contributed by atoms with Crippen LogP contribution >= 0.6 is 0 Å². The monoisotopic (exact) mass is 268 g/mol. The molecule has 1 atom stereocenters. The summed E-state index contributed by atoms with van der Waals surface area (Å²) in [5.74, 6) is -1.16. The quantitative estimate of drug-likeness (QED) is 0.573. The fourth-order valence-corrected chi connectivity index (χ4v) is 0.398. The molecule has 0 aromatic carbocycles. The third-order valence-corrected chi connectivity index (χ3v) is 1.18. The van der Waals surface area contributed by atoms with E-state index < -0.39 is 16.8 Å². The van der Waals surface area contributed by atoms with Gasteiger partial charge in [0.1, 0.15) is 0 Å². The zero-order chi connectivity index (χ0) is 7.65. The van der Waals surface area contributed by atoms with Crippen molar-refractivity contribution in [2.45, 2.75) is 24.6 Å². The summed E-state index contributed by atoms with van der Waals surface area (Å²) in [6, 6.07) is -1.20. The second-order valence-electron chi connectivity index (χ2n) is 2.37. The first-order valence-corrected chi connectivity index (χ1v) is 2.91. The number of carbonyl (C=O) groups is 1. The van der Waals surface area contributed by atoms with Crippen LogP contribution in [0.4, 0.5) is 0 Å². The van der Waals surface area contributed by atoms with Crippen molar-refractivity contribution in [2.75, 3.05) is 0 Å². The van der Waals surface area contributed by atoms with Gasteiger partial charge >= 0.3 is 23.9 Å². The Labute approximate surface area is 82.7 Å². The van der Waals surface area contributed by atoms with Crippen LogP contribution in [0.15, 0.2) is 0 Å². The van der Waals surface area contributed by atoms with Crippen molar-refractivity contribution in [3.05, 3.63) is 5.73 Å². The van der Waals surface area contributed by atoms with E-state index in [1.165, 1.54) is 0 Å². The molecular weight excluding hydrogens is 257 g/mol. The van der Waals surface area contributed by atoms with Gasteiger partial charge in [0, 0.05) is 0 Å². The van der Waals surface area contributed by atoms with E-state index in [4.69, 9.17) is 23.5 Å². The SMILES string of the molecule is CC(C)([S-])C([NH-])C(=O)O.[SnH]. The van der Waals surface area contributed by atoms with E-state index in [0.29, 0.717) is 0 Å². The zero-order valence-electron chi connectivity index (χ0n) is 5.92. The van der Waals surface area contributed by atoms with Gasteiger partial charge in [0.25, 0.3) is 5.97 Å². The number of hydrogen-bond acceptors (Lipinski definition) is 2. The molecule has 0 rings (SSSR count). The van der Waals surface area contributed by atoms with Gasteiger partial charge in [-0.15, -0.1) is 0 Å². The molecule has 3 radical (unpaired) electrons. The predicted molar refractivity (Wildman–Crippen MR) is 44.3 cm³/mol. The summed E-state index contributed by atoms with van der Waals surface area (Å²) < 4.78 is -0.869. The molecular formula is C5H10NO2SSn-2. The summed E-state index contributed by atoms with van der Waals surface area (Å²) in [6.07, 6.45) is 0. The van der Waals surface area contributed by atoms with Crippen molar-refractivity contribution >= 4 is 42.5 Å². The molecule has 0 amide bonds. The molecule has 0 aromatic heterocycles. The van der Waals surface area contributed by atoms with E-state index in [0.717, 1.165) is 0 Å². The fraction of sp³-hybridized carbons (Fsp3) is 0.800. The first kappa shape index (κ1) is 13.2. The average Bonchev–Trinajstić information content (AvgIpc) is 1.62. The minimum absolute atomic E-state index is 0. The van der Waals surface area contributed by atoms with Crippen molar-refractivity contribution in [3.8, 4) is 0 Å². The van der Waals surface area contributed by atoms with Crippen molar-refractivity contribution in [2.24, 2.45) is 0 Å². The zero-order valence-corrected chi connectivity index (χ0v) is 10.0. The first-order valence-electron chi connectivity index (χ1n) is 2.50. The van der Waals surface area contributed by atoms with Crippen molar-refractivity contribution < 1.29 is 9.90 Å². The molecule has 3 nitrogen and oxygen atoms in total. The molecule has 0 saturated carbocycles. The van der Waals surface area contributed by atoms with Crippen molar-refractivity contribution in [1.29, 1.82) is 0 Å². The Kier molecular flexibility index (Phi) is 5.88. The number of aliphatic carboxylic acids is 1. The standard InChI is InChI=1S/C5H10NO2S.Sn.H/c1-5(2,9)3(6)4(7)8;;/h3,6,9H,1-2H3,(H,7,8);;/q-1;;/p-1. The van der Waals surface area contributed by atoms with Crippen LogP contribution in [0.1, 0.15) is 13.8 Å². The van der Waals surface area contributed by atoms with Crippen LogP contribution < -0.4 is 0 Å². The molecule has 0 heterocycles. The third kappa shape index (κ3) is 4.40. The average molecular weight is 267 g/mol. The molecule has 0 saturated heterocycles. The summed E-state index contributed by atoms with van der Waals surface area (Å²) in [5.41, 5.74) is 6.97. The van der Waals surface area contributed by atoms with Gasteiger partial charge in [0.15, 0.2) is 0 Å². The van der Waals surface area contributed by atoms with E-state index in [2.05, 4.69) is 0 Å². The number of rotatable bonds is 2.